The fraction of sp³-hybridized carbons (Fsp3) is 0.611. The normalized spacial score (nSPS) is 21.7. The standard InChI is InChI=1S/C18H29N3O2/c1-13-5-8-15(9-6-13)21-18(19-2)20-12-14-7-10-16(22-3)17(11-14)23-4/h7,10-11,13,15H,5-6,8-9,12H2,1-4H3,(H2,19,20,21). The summed E-state index contributed by atoms with van der Waals surface area (Å²) >= 11 is 0. The van der Waals surface area contributed by atoms with Crippen LogP contribution in [0.25, 0.3) is 0 Å². The van der Waals surface area contributed by atoms with Crippen LogP contribution >= 0.6 is 0 Å². The molecule has 1 fully saturated rings. The molecule has 0 radical (unpaired) electrons. The number of nitrogens with one attached hydrogen (secondary N) is 2. The first-order valence-corrected chi connectivity index (χ1v) is 8.34. The molecule has 1 saturated carbocycles. The molecule has 23 heavy (non-hydrogen) atoms. The number of hydrogen-bond acceptors (Lipinski definition) is 3. The number of methoxy groups -OCH3 is 2. The lowest BCUT2D eigenvalue weighted by Crippen LogP contribution is -2.44. The highest BCUT2D eigenvalue weighted by Crippen LogP contribution is 2.27. The van der Waals surface area contributed by atoms with Crippen LogP contribution in [0, 0.1) is 5.92 Å². The summed E-state index contributed by atoms with van der Waals surface area (Å²) in [5, 5.41) is 6.91. The van der Waals surface area contributed by atoms with E-state index < -0.39 is 0 Å². The van der Waals surface area contributed by atoms with Gasteiger partial charge in [-0.25, -0.2) is 0 Å². The van der Waals surface area contributed by atoms with E-state index in [9.17, 15) is 0 Å². The Labute approximate surface area is 139 Å². The second kappa shape index (κ2) is 8.65. The largest absolute Gasteiger partial charge is 0.493 e. The quantitative estimate of drug-likeness (QED) is 0.647. The maximum absolute atomic E-state index is 5.34. The van der Waals surface area contributed by atoms with Gasteiger partial charge in [-0.15, -0.1) is 0 Å². The highest BCUT2D eigenvalue weighted by molar-refractivity contribution is 5.80. The Kier molecular flexibility index (Phi) is 6.56. The van der Waals surface area contributed by atoms with Gasteiger partial charge in [-0.2, -0.15) is 0 Å². The zero-order valence-electron chi connectivity index (χ0n) is 14.7. The molecule has 5 nitrogen and oxygen atoms in total. The van der Waals surface area contributed by atoms with Gasteiger partial charge in [-0.3, -0.25) is 4.99 Å². The molecule has 128 valence electrons. The fourth-order valence-corrected chi connectivity index (χ4v) is 2.97. The van der Waals surface area contributed by atoms with E-state index in [0.717, 1.165) is 28.9 Å². The SMILES string of the molecule is CN=C(NCc1ccc(OC)c(OC)c1)NC1CCC(C)CC1. The average Bonchev–Trinajstić information content (AvgIpc) is 2.59. The smallest absolute Gasteiger partial charge is 0.191 e. The van der Waals surface area contributed by atoms with Crippen LogP contribution in [0.4, 0.5) is 0 Å². The van der Waals surface area contributed by atoms with E-state index in [0.29, 0.717) is 12.6 Å². The Bertz CT molecular complexity index is 523. The Morgan fingerprint density at radius 3 is 2.43 bits per heavy atom. The lowest BCUT2D eigenvalue weighted by atomic mass is 9.87. The fourth-order valence-electron chi connectivity index (χ4n) is 2.97. The summed E-state index contributed by atoms with van der Waals surface area (Å²) in [6.07, 6.45) is 5.03. The van der Waals surface area contributed by atoms with Gasteiger partial charge in [-0.05, 0) is 49.3 Å². The third-order valence-corrected chi connectivity index (χ3v) is 4.49. The van der Waals surface area contributed by atoms with Crippen LogP contribution in [-0.2, 0) is 6.54 Å². The van der Waals surface area contributed by atoms with Crippen molar-refractivity contribution in [2.75, 3.05) is 21.3 Å². The number of rotatable bonds is 5. The van der Waals surface area contributed by atoms with Crippen molar-refractivity contribution in [2.24, 2.45) is 10.9 Å². The molecule has 1 aliphatic carbocycles. The van der Waals surface area contributed by atoms with E-state index in [1.54, 1.807) is 14.2 Å². The first-order chi connectivity index (χ1) is 11.2. The van der Waals surface area contributed by atoms with Gasteiger partial charge in [0.05, 0.1) is 14.2 Å². The number of ether oxygens (including phenoxy) is 2. The van der Waals surface area contributed by atoms with Gasteiger partial charge in [0, 0.05) is 19.6 Å². The molecule has 0 saturated heterocycles. The molecule has 0 atom stereocenters. The van der Waals surface area contributed by atoms with Crippen molar-refractivity contribution in [1.29, 1.82) is 0 Å². The van der Waals surface area contributed by atoms with Crippen molar-refractivity contribution in [1.82, 2.24) is 10.6 Å². The maximum Gasteiger partial charge on any atom is 0.191 e. The Morgan fingerprint density at radius 1 is 1.13 bits per heavy atom. The number of guanidine groups is 1. The summed E-state index contributed by atoms with van der Waals surface area (Å²) in [4.78, 5) is 4.33. The first kappa shape index (κ1) is 17.4. The first-order valence-electron chi connectivity index (χ1n) is 8.34. The number of hydrogen-bond donors (Lipinski definition) is 2. The molecule has 2 N–H and O–H groups in total. The third kappa shape index (κ3) is 5.05. The van der Waals surface area contributed by atoms with Crippen LogP contribution in [-0.4, -0.2) is 33.3 Å². The van der Waals surface area contributed by atoms with Crippen molar-refractivity contribution >= 4 is 5.96 Å². The third-order valence-electron chi connectivity index (χ3n) is 4.49. The maximum atomic E-state index is 5.34. The lowest BCUT2D eigenvalue weighted by Gasteiger charge is -2.28. The van der Waals surface area contributed by atoms with E-state index >= 15 is 0 Å². The summed E-state index contributed by atoms with van der Waals surface area (Å²) < 4.78 is 10.6. The zero-order chi connectivity index (χ0) is 16.7. The van der Waals surface area contributed by atoms with E-state index in [1.807, 2.05) is 25.2 Å². The van der Waals surface area contributed by atoms with Crippen LogP contribution in [0.3, 0.4) is 0 Å². The molecule has 5 heteroatoms. The van der Waals surface area contributed by atoms with E-state index in [-0.39, 0.29) is 0 Å². The minimum atomic E-state index is 0.530. The van der Waals surface area contributed by atoms with Crippen LogP contribution in [0.5, 0.6) is 11.5 Å². The summed E-state index contributed by atoms with van der Waals surface area (Å²) in [5.74, 6) is 3.21. The van der Waals surface area contributed by atoms with Crippen molar-refractivity contribution < 1.29 is 9.47 Å². The number of benzene rings is 1. The van der Waals surface area contributed by atoms with Crippen molar-refractivity contribution in [3.8, 4) is 11.5 Å². The van der Waals surface area contributed by atoms with Gasteiger partial charge >= 0.3 is 0 Å². The minimum Gasteiger partial charge on any atom is -0.493 e. The topological polar surface area (TPSA) is 54.9 Å². The van der Waals surface area contributed by atoms with Gasteiger partial charge in [0.1, 0.15) is 0 Å². The highest BCUT2D eigenvalue weighted by Gasteiger charge is 2.18. The number of aliphatic imine (C=N–C) groups is 1. The predicted molar refractivity (Wildman–Crippen MR) is 94.3 cm³/mol. The summed E-state index contributed by atoms with van der Waals surface area (Å²) in [7, 11) is 5.11. The molecule has 0 unspecified atom stereocenters. The molecule has 0 aromatic heterocycles. The van der Waals surface area contributed by atoms with E-state index in [2.05, 4.69) is 22.5 Å². The van der Waals surface area contributed by atoms with Gasteiger partial charge < -0.3 is 20.1 Å². The molecular formula is C18H29N3O2. The van der Waals surface area contributed by atoms with E-state index in [1.165, 1.54) is 25.7 Å². The monoisotopic (exact) mass is 319 g/mol. The predicted octanol–water partition coefficient (Wildman–Crippen LogP) is 2.95. The van der Waals surface area contributed by atoms with Crippen LogP contribution in [0.1, 0.15) is 38.2 Å². The summed E-state index contributed by atoms with van der Waals surface area (Å²) in [6.45, 7) is 3.03. The summed E-state index contributed by atoms with van der Waals surface area (Å²) in [5.41, 5.74) is 1.13. The summed E-state index contributed by atoms with van der Waals surface area (Å²) in [6, 6.07) is 6.47. The van der Waals surface area contributed by atoms with Gasteiger partial charge in [0.2, 0.25) is 0 Å². The van der Waals surface area contributed by atoms with Gasteiger partial charge in [-0.1, -0.05) is 13.0 Å². The molecule has 2 rings (SSSR count). The number of nitrogens with zero attached hydrogens (tertiary/aromatic N) is 1. The second-order valence-corrected chi connectivity index (χ2v) is 6.22. The molecule has 1 aromatic carbocycles. The van der Waals surface area contributed by atoms with Crippen molar-refractivity contribution in [3.63, 3.8) is 0 Å². The van der Waals surface area contributed by atoms with Gasteiger partial charge in [0.25, 0.3) is 0 Å². The van der Waals surface area contributed by atoms with E-state index in [4.69, 9.17) is 9.47 Å². The zero-order valence-corrected chi connectivity index (χ0v) is 14.7. The molecule has 0 heterocycles. The molecule has 0 aliphatic heterocycles. The lowest BCUT2D eigenvalue weighted by molar-refractivity contribution is 0.329. The van der Waals surface area contributed by atoms with Crippen LogP contribution in [0.15, 0.2) is 23.2 Å². The van der Waals surface area contributed by atoms with Crippen molar-refractivity contribution in [2.45, 2.75) is 45.2 Å². The second-order valence-electron chi connectivity index (χ2n) is 6.22. The molecule has 1 aromatic rings. The molecule has 0 spiro atoms. The highest BCUT2D eigenvalue weighted by atomic mass is 16.5. The van der Waals surface area contributed by atoms with Crippen molar-refractivity contribution in [3.05, 3.63) is 23.8 Å². The molecule has 0 bridgehead atoms. The average molecular weight is 319 g/mol. The Hall–Kier alpha value is -1.91. The Morgan fingerprint density at radius 2 is 1.83 bits per heavy atom. The van der Waals surface area contributed by atoms with Crippen LogP contribution < -0.4 is 20.1 Å². The minimum absolute atomic E-state index is 0.530. The van der Waals surface area contributed by atoms with Crippen LogP contribution in [0.2, 0.25) is 0 Å². The Balaban J connectivity index is 1.88. The van der Waals surface area contributed by atoms with Gasteiger partial charge in [0.15, 0.2) is 17.5 Å². The molecule has 1 aliphatic rings. The molecule has 0 amide bonds. The molecular weight excluding hydrogens is 290 g/mol.